The van der Waals surface area contributed by atoms with Gasteiger partial charge in [-0.2, -0.15) is 8.42 Å². The summed E-state index contributed by atoms with van der Waals surface area (Å²) in [5, 5.41) is -0.367. The van der Waals surface area contributed by atoms with Gasteiger partial charge in [-0.1, -0.05) is 43.0 Å². The summed E-state index contributed by atoms with van der Waals surface area (Å²) in [6.07, 6.45) is 1.83. The Kier molecular flexibility index (Phi) is 7.04. The van der Waals surface area contributed by atoms with Crippen LogP contribution in [0.15, 0.2) is 41.3 Å². The number of benzene rings is 1. The zero-order chi connectivity index (χ0) is 11.7. The molecule has 0 aliphatic carbocycles. The maximum atomic E-state index is 9.48. The fourth-order valence-corrected chi connectivity index (χ4v) is 0.992. The third kappa shape index (κ3) is 8.79. The predicted octanol–water partition coefficient (Wildman–Crippen LogP) is 1.62. The van der Waals surface area contributed by atoms with Gasteiger partial charge in [-0.05, 0) is 17.8 Å². The SMILES string of the molecule is C=Cc1ccccc1.NC(=S)N=S(=O)=O. The summed E-state index contributed by atoms with van der Waals surface area (Å²) in [5.41, 5.74) is 5.84. The Labute approximate surface area is 95.1 Å². The van der Waals surface area contributed by atoms with Crippen molar-refractivity contribution in [3.63, 3.8) is 0 Å². The molecule has 0 aromatic heterocycles. The summed E-state index contributed by atoms with van der Waals surface area (Å²) in [5.74, 6) is 0. The summed E-state index contributed by atoms with van der Waals surface area (Å²) in [6, 6.07) is 10.0. The maximum absolute atomic E-state index is 9.48. The van der Waals surface area contributed by atoms with Crippen LogP contribution < -0.4 is 5.73 Å². The molecule has 0 unspecified atom stereocenters. The minimum Gasteiger partial charge on any atom is -0.374 e. The van der Waals surface area contributed by atoms with Crippen LogP contribution in [-0.4, -0.2) is 13.5 Å². The number of hydrogen-bond donors (Lipinski definition) is 1. The van der Waals surface area contributed by atoms with E-state index in [4.69, 9.17) is 0 Å². The van der Waals surface area contributed by atoms with Crippen LogP contribution in [0.5, 0.6) is 0 Å². The van der Waals surface area contributed by atoms with Gasteiger partial charge in [0.25, 0.3) is 0 Å². The van der Waals surface area contributed by atoms with Gasteiger partial charge in [0.1, 0.15) is 0 Å². The van der Waals surface area contributed by atoms with Gasteiger partial charge in [-0.15, -0.1) is 4.36 Å². The number of thiocarbonyl (C=S) groups is 1. The first-order valence-corrected chi connectivity index (χ1v) is 5.28. The molecule has 4 nitrogen and oxygen atoms in total. The normalized spacial score (nSPS) is 8.00. The Hall–Kier alpha value is -1.53. The molecule has 0 spiro atoms. The van der Waals surface area contributed by atoms with Crippen molar-refractivity contribution in [1.82, 2.24) is 0 Å². The first-order valence-electron chi connectivity index (χ1n) is 3.84. The van der Waals surface area contributed by atoms with Gasteiger partial charge in [-0.25, -0.2) is 0 Å². The van der Waals surface area contributed by atoms with Gasteiger partial charge < -0.3 is 5.73 Å². The van der Waals surface area contributed by atoms with E-state index < -0.39 is 10.5 Å². The summed E-state index contributed by atoms with van der Waals surface area (Å²) < 4.78 is 21.7. The van der Waals surface area contributed by atoms with Crippen LogP contribution in [0.25, 0.3) is 6.08 Å². The van der Waals surface area contributed by atoms with Crippen LogP contribution in [0.1, 0.15) is 5.56 Å². The third-order valence-electron chi connectivity index (χ3n) is 1.20. The van der Waals surface area contributed by atoms with E-state index in [0.29, 0.717) is 0 Å². The Balaban J connectivity index is 0.000000265. The van der Waals surface area contributed by atoms with Crippen LogP contribution in [0.3, 0.4) is 0 Å². The van der Waals surface area contributed by atoms with E-state index in [1.165, 1.54) is 5.56 Å². The number of rotatable bonds is 1. The topological polar surface area (TPSA) is 72.5 Å². The Morgan fingerprint density at radius 3 is 2.13 bits per heavy atom. The van der Waals surface area contributed by atoms with Crippen LogP contribution in [0, 0.1) is 0 Å². The first kappa shape index (κ1) is 13.5. The van der Waals surface area contributed by atoms with E-state index in [0.717, 1.165) is 0 Å². The molecule has 0 heterocycles. The van der Waals surface area contributed by atoms with Crippen molar-refractivity contribution in [2.24, 2.45) is 10.1 Å². The highest BCUT2D eigenvalue weighted by atomic mass is 32.2. The molecule has 1 aromatic carbocycles. The van der Waals surface area contributed by atoms with Crippen LogP contribution in [0.4, 0.5) is 0 Å². The molecule has 0 amide bonds. The second-order valence-electron chi connectivity index (χ2n) is 2.26. The highest BCUT2D eigenvalue weighted by Gasteiger charge is 1.76. The van der Waals surface area contributed by atoms with Gasteiger partial charge in [0.2, 0.25) is 5.11 Å². The molecule has 1 rings (SSSR count). The van der Waals surface area contributed by atoms with Crippen molar-refractivity contribution < 1.29 is 8.42 Å². The Morgan fingerprint density at radius 2 is 1.93 bits per heavy atom. The van der Waals surface area contributed by atoms with E-state index in [-0.39, 0.29) is 5.11 Å². The molecule has 0 aliphatic heterocycles. The fraction of sp³-hybridized carbons (Fsp3) is 0. The van der Waals surface area contributed by atoms with Crippen molar-refractivity contribution in [2.75, 3.05) is 0 Å². The fourth-order valence-electron chi connectivity index (χ4n) is 0.663. The lowest BCUT2D eigenvalue weighted by molar-refractivity contribution is 0.623. The smallest absolute Gasteiger partial charge is 0.318 e. The first-order chi connectivity index (χ1) is 7.06. The molecule has 2 N–H and O–H groups in total. The standard InChI is InChI=1S/C8H8.CH2N2O2S2/c1-2-8-6-4-3-5-7-8;2-1(6)3-7(4)5/h2-7H,1H2;(H2,2,6). The molecule has 0 aliphatic rings. The molecule has 1 aromatic rings. The molecular formula is C9H10N2O2S2. The van der Waals surface area contributed by atoms with Crippen LogP contribution >= 0.6 is 12.2 Å². The average Bonchev–Trinajstić information content (AvgIpc) is 2.18. The van der Waals surface area contributed by atoms with E-state index >= 15 is 0 Å². The second-order valence-corrected chi connectivity index (χ2v) is 3.30. The molecule has 0 atom stereocenters. The third-order valence-corrected chi connectivity index (χ3v) is 1.75. The lowest BCUT2D eigenvalue weighted by atomic mass is 10.2. The van der Waals surface area contributed by atoms with E-state index in [2.05, 4.69) is 28.9 Å². The van der Waals surface area contributed by atoms with Gasteiger partial charge >= 0.3 is 10.5 Å². The monoisotopic (exact) mass is 242 g/mol. The van der Waals surface area contributed by atoms with E-state index in [1.54, 1.807) is 0 Å². The van der Waals surface area contributed by atoms with Crippen LogP contribution in [-0.2, 0) is 10.5 Å². The van der Waals surface area contributed by atoms with Crippen LogP contribution in [0.2, 0.25) is 0 Å². The minimum atomic E-state index is -2.49. The second kappa shape index (κ2) is 7.84. The van der Waals surface area contributed by atoms with Gasteiger partial charge in [0.05, 0.1) is 0 Å². The van der Waals surface area contributed by atoms with Crippen molar-refractivity contribution in [3.8, 4) is 0 Å². The molecule has 15 heavy (non-hydrogen) atoms. The molecule has 0 saturated heterocycles. The predicted molar refractivity (Wildman–Crippen MR) is 64.7 cm³/mol. The molecule has 6 heteroatoms. The summed E-state index contributed by atoms with van der Waals surface area (Å²) in [7, 11) is -2.49. The molecule has 80 valence electrons. The molecule has 0 saturated carbocycles. The Morgan fingerprint density at radius 1 is 1.40 bits per heavy atom. The summed E-state index contributed by atoms with van der Waals surface area (Å²) in [6.45, 7) is 3.63. The van der Waals surface area contributed by atoms with Gasteiger partial charge in [-0.3, -0.25) is 0 Å². The van der Waals surface area contributed by atoms with E-state index in [1.807, 2.05) is 36.4 Å². The number of nitrogens with zero attached hydrogens (tertiary/aromatic N) is 1. The lowest BCUT2D eigenvalue weighted by Crippen LogP contribution is -2.01. The summed E-state index contributed by atoms with van der Waals surface area (Å²) >= 11 is 4.09. The van der Waals surface area contributed by atoms with Gasteiger partial charge in [0.15, 0.2) is 0 Å². The van der Waals surface area contributed by atoms with Gasteiger partial charge in [0, 0.05) is 0 Å². The zero-order valence-electron chi connectivity index (χ0n) is 7.83. The molecule has 0 fully saturated rings. The number of nitrogens with two attached hydrogens (primary N) is 1. The number of hydrogen-bond acceptors (Lipinski definition) is 3. The Bertz CT molecular complexity index is 444. The minimum absolute atomic E-state index is 0.367. The molecule has 0 radical (unpaired) electrons. The quantitative estimate of drug-likeness (QED) is 0.759. The van der Waals surface area contributed by atoms with E-state index in [9.17, 15) is 8.42 Å². The lowest BCUT2D eigenvalue weighted by Gasteiger charge is -1.85. The largest absolute Gasteiger partial charge is 0.374 e. The highest BCUT2D eigenvalue weighted by molar-refractivity contribution is 7.80. The van der Waals surface area contributed by atoms with Crippen molar-refractivity contribution in [3.05, 3.63) is 42.5 Å². The van der Waals surface area contributed by atoms with Crippen molar-refractivity contribution in [2.45, 2.75) is 0 Å². The summed E-state index contributed by atoms with van der Waals surface area (Å²) in [4.78, 5) is 0. The zero-order valence-corrected chi connectivity index (χ0v) is 9.46. The average molecular weight is 242 g/mol. The van der Waals surface area contributed by atoms with Crippen molar-refractivity contribution >= 4 is 33.9 Å². The molecule has 0 bridgehead atoms. The molecular weight excluding hydrogens is 232 g/mol. The van der Waals surface area contributed by atoms with Crippen molar-refractivity contribution in [1.29, 1.82) is 0 Å². The highest BCUT2D eigenvalue weighted by Crippen LogP contribution is 1.97. The maximum Gasteiger partial charge on any atom is 0.318 e.